The highest BCUT2D eigenvalue weighted by atomic mass is 35.5. The smallest absolute Gasteiger partial charge is 0.255 e. The number of carbonyl (C=O) groups excluding carboxylic acids is 2. The third-order valence-electron chi connectivity index (χ3n) is 3.13. The minimum absolute atomic E-state index is 0.248. The average molecular weight is 332 g/mol. The summed E-state index contributed by atoms with van der Waals surface area (Å²) in [7, 11) is 0. The molecule has 118 valence electrons. The average Bonchev–Trinajstić information content (AvgIpc) is 2.96. The SMILES string of the molecule is Cc1occc1C(=O)NCC(=O)NC(C#N)c1cccc(Cl)c1. The van der Waals surface area contributed by atoms with Crippen LogP contribution in [0.15, 0.2) is 41.0 Å². The molecule has 2 amide bonds. The van der Waals surface area contributed by atoms with Gasteiger partial charge in [0, 0.05) is 5.02 Å². The second-order valence-corrected chi connectivity index (χ2v) is 5.19. The number of hydrogen-bond donors (Lipinski definition) is 2. The van der Waals surface area contributed by atoms with Gasteiger partial charge in [-0.1, -0.05) is 23.7 Å². The van der Waals surface area contributed by atoms with E-state index in [4.69, 9.17) is 16.0 Å². The molecule has 0 spiro atoms. The van der Waals surface area contributed by atoms with E-state index in [0.29, 0.717) is 21.9 Å². The van der Waals surface area contributed by atoms with Crippen molar-refractivity contribution in [2.24, 2.45) is 0 Å². The zero-order chi connectivity index (χ0) is 16.8. The molecule has 2 N–H and O–H groups in total. The molecule has 0 fully saturated rings. The zero-order valence-corrected chi connectivity index (χ0v) is 13.1. The molecule has 2 rings (SSSR count). The summed E-state index contributed by atoms with van der Waals surface area (Å²) in [4.78, 5) is 23.8. The van der Waals surface area contributed by atoms with Gasteiger partial charge in [-0.15, -0.1) is 0 Å². The van der Waals surface area contributed by atoms with Crippen LogP contribution in [0, 0.1) is 18.3 Å². The van der Waals surface area contributed by atoms with Crippen molar-refractivity contribution in [3.63, 3.8) is 0 Å². The predicted molar refractivity (Wildman–Crippen MR) is 83.7 cm³/mol. The van der Waals surface area contributed by atoms with Crippen LogP contribution in [0.3, 0.4) is 0 Å². The van der Waals surface area contributed by atoms with Gasteiger partial charge in [0.15, 0.2) is 0 Å². The highest BCUT2D eigenvalue weighted by Gasteiger charge is 2.16. The lowest BCUT2D eigenvalue weighted by molar-refractivity contribution is -0.120. The molecule has 0 aliphatic carbocycles. The molecule has 0 saturated heterocycles. The standard InChI is InChI=1S/C16H14ClN3O3/c1-10-13(5-6-23-10)16(22)19-9-15(21)20-14(8-18)11-3-2-4-12(17)7-11/h2-7,14H,9H2,1H3,(H,19,22)(H,20,21). The van der Waals surface area contributed by atoms with Crippen molar-refractivity contribution in [1.82, 2.24) is 10.6 Å². The number of carbonyl (C=O) groups is 2. The zero-order valence-electron chi connectivity index (χ0n) is 12.3. The molecule has 0 radical (unpaired) electrons. The molecule has 1 unspecified atom stereocenters. The van der Waals surface area contributed by atoms with E-state index in [0.717, 1.165) is 0 Å². The third-order valence-corrected chi connectivity index (χ3v) is 3.36. The van der Waals surface area contributed by atoms with Gasteiger partial charge in [-0.25, -0.2) is 0 Å². The lowest BCUT2D eigenvalue weighted by Crippen LogP contribution is -2.38. The van der Waals surface area contributed by atoms with Crippen LogP contribution in [0.25, 0.3) is 0 Å². The van der Waals surface area contributed by atoms with Gasteiger partial charge in [0.25, 0.3) is 5.91 Å². The summed E-state index contributed by atoms with van der Waals surface area (Å²) < 4.78 is 5.03. The predicted octanol–water partition coefficient (Wildman–Crippen LogP) is 2.35. The van der Waals surface area contributed by atoms with E-state index in [-0.39, 0.29) is 6.54 Å². The summed E-state index contributed by atoms with van der Waals surface area (Å²) in [5.74, 6) is -0.426. The molecular formula is C16H14ClN3O3. The van der Waals surface area contributed by atoms with Crippen molar-refractivity contribution in [2.75, 3.05) is 6.54 Å². The molecule has 1 atom stereocenters. The Morgan fingerprint density at radius 2 is 2.17 bits per heavy atom. The summed E-state index contributed by atoms with van der Waals surface area (Å²) in [6.45, 7) is 1.40. The van der Waals surface area contributed by atoms with Crippen LogP contribution in [-0.2, 0) is 4.79 Å². The Hall–Kier alpha value is -2.78. The number of nitrogens with one attached hydrogen (secondary N) is 2. The van der Waals surface area contributed by atoms with E-state index in [9.17, 15) is 14.9 Å². The molecule has 1 heterocycles. The topological polar surface area (TPSA) is 95.1 Å². The van der Waals surface area contributed by atoms with Gasteiger partial charge in [0.1, 0.15) is 11.8 Å². The first-order valence-corrected chi connectivity index (χ1v) is 7.16. The molecule has 0 aliphatic heterocycles. The van der Waals surface area contributed by atoms with Crippen LogP contribution in [0.4, 0.5) is 0 Å². The van der Waals surface area contributed by atoms with Gasteiger partial charge < -0.3 is 15.1 Å². The van der Waals surface area contributed by atoms with Crippen molar-refractivity contribution in [1.29, 1.82) is 5.26 Å². The minimum Gasteiger partial charge on any atom is -0.469 e. The Labute approximate surface area is 138 Å². The number of nitriles is 1. The molecular weight excluding hydrogens is 318 g/mol. The maximum Gasteiger partial charge on any atom is 0.255 e. The lowest BCUT2D eigenvalue weighted by Gasteiger charge is -2.12. The van der Waals surface area contributed by atoms with Crippen molar-refractivity contribution in [3.8, 4) is 6.07 Å². The van der Waals surface area contributed by atoms with Crippen molar-refractivity contribution in [2.45, 2.75) is 13.0 Å². The second kappa shape index (κ2) is 7.47. The van der Waals surface area contributed by atoms with Crippen molar-refractivity contribution in [3.05, 3.63) is 58.5 Å². The number of nitrogens with zero attached hydrogens (tertiary/aromatic N) is 1. The van der Waals surface area contributed by atoms with E-state index in [1.54, 1.807) is 31.2 Å². The molecule has 1 aromatic heterocycles. The monoisotopic (exact) mass is 331 g/mol. The number of hydrogen-bond acceptors (Lipinski definition) is 4. The van der Waals surface area contributed by atoms with E-state index in [1.807, 2.05) is 6.07 Å². The first-order valence-electron chi connectivity index (χ1n) is 6.78. The van der Waals surface area contributed by atoms with E-state index in [1.165, 1.54) is 12.3 Å². The number of amides is 2. The normalized spacial score (nSPS) is 11.3. The summed E-state index contributed by atoms with van der Waals surface area (Å²) in [5.41, 5.74) is 0.940. The maximum absolute atomic E-state index is 11.9. The van der Waals surface area contributed by atoms with Gasteiger partial charge in [-0.3, -0.25) is 9.59 Å². The molecule has 2 aromatic rings. The van der Waals surface area contributed by atoms with Crippen LogP contribution in [0.1, 0.15) is 27.7 Å². The first-order chi connectivity index (χ1) is 11.0. The second-order valence-electron chi connectivity index (χ2n) is 4.76. The summed E-state index contributed by atoms with van der Waals surface area (Å²) in [5, 5.41) is 14.6. The van der Waals surface area contributed by atoms with Gasteiger partial charge in [0.05, 0.1) is 24.4 Å². The first kappa shape index (κ1) is 16.6. The van der Waals surface area contributed by atoms with Gasteiger partial charge >= 0.3 is 0 Å². The molecule has 7 heteroatoms. The Balaban J connectivity index is 1.92. The fraction of sp³-hybridized carbons (Fsp3) is 0.188. The largest absolute Gasteiger partial charge is 0.469 e. The van der Waals surface area contributed by atoms with Crippen LogP contribution in [0.5, 0.6) is 0 Å². The fourth-order valence-corrected chi connectivity index (χ4v) is 2.16. The van der Waals surface area contributed by atoms with E-state index < -0.39 is 17.9 Å². The number of aryl methyl sites for hydroxylation is 1. The van der Waals surface area contributed by atoms with Crippen LogP contribution in [-0.4, -0.2) is 18.4 Å². The summed E-state index contributed by atoms with van der Waals surface area (Å²) in [6.07, 6.45) is 1.40. The highest BCUT2D eigenvalue weighted by molar-refractivity contribution is 6.30. The Kier molecular flexibility index (Phi) is 5.39. The Morgan fingerprint density at radius 1 is 1.39 bits per heavy atom. The van der Waals surface area contributed by atoms with Crippen molar-refractivity contribution >= 4 is 23.4 Å². The number of halogens is 1. The quantitative estimate of drug-likeness (QED) is 0.879. The number of furan rings is 1. The van der Waals surface area contributed by atoms with Crippen LogP contribution < -0.4 is 10.6 Å². The lowest BCUT2D eigenvalue weighted by atomic mass is 10.1. The van der Waals surface area contributed by atoms with Crippen LogP contribution >= 0.6 is 11.6 Å². The summed E-state index contributed by atoms with van der Waals surface area (Å²) in [6, 6.07) is 9.32. The van der Waals surface area contributed by atoms with E-state index in [2.05, 4.69) is 10.6 Å². The third kappa shape index (κ3) is 4.34. The van der Waals surface area contributed by atoms with E-state index >= 15 is 0 Å². The fourth-order valence-electron chi connectivity index (χ4n) is 1.96. The number of benzene rings is 1. The van der Waals surface area contributed by atoms with Gasteiger partial charge in [-0.2, -0.15) is 5.26 Å². The molecule has 0 aliphatic rings. The number of rotatable bonds is 5. The molecule has 6 nitrogen and oxygen atoms in total. The van der Waals surface area contributed by atoms with Gasteiger partial charge in [-0.05, 0) is 30.7 Å². The molecule has 23 heavy (non-hydrogen) atoms. The maximum atomic E-state index is 11.9. The Morgan fingerprint density at radius 3 is 2.78 bits per heavy atom. The van der Waals surface area contributed by atoms with Crippen LogP contribution in [0.2, 0.25) is 5.02 Å². The molecule has 0 saturated carbocycles. The van der Waals surface area contributed by atoms with Gasteiger partial charge in [0.2, 0.25) is 5.91 Å². The van der Waals surface area contributed by atoms with Crippen molar-refractivity contribution < 1.29 is 14.0 Å². The highest BCUT2D eigenvalue weighted by Crippen LogP contribution is 2.17. The minimum atomic E-state index is -0.839. The molecule has 1 aromatic carbocycles. The molecule has 0 bridgehead atoms. The summed E-state index contributed by atoms with van der Waals surface area (Å²) >= 11 is 5.87. The Bertz CT molecular complexity index is 764.